The molecule has 0 saturated heterocycles. The summed E-state index contributed by atoms with van der Waals surface area (Å²) in [6.45, 7) is 1.85. The second kappa shape index (κ2) is 8.83. The first-order valence-electron chi connectivity index (χ1n) is 4.13. The highest BCUT2D eigenvalue weighted by atomic mass is 127. The van der Waals surface area contributed by atoms with E-state index < -0.39 is 18.2 Å². The fourth-order valence-electron chi connectivity index (χ4n) is 0.713. The maximum absolute atomic E-state index is 11.1. The lowest BCUT2D eigenvalue weighted by Gasteiger charge is -2.14. The Labute approximate surface area is 101 Å². The summed E-state index contributed by atoms with van der Waals surface area (Å²) in [6, 6.07) is 0. The minimum absolute atomic E-state index is 0.133. The van der Waals surface area contributed by atoms with Crippen LogP contribution >= 0.6 is 22.9 Å². The molecule has 0 heterocycles. The average molecular weight is 332 g/mol. The van der Waals surface area contributed by atoms with Gasteiger partial charge in [0.1, 0.15) is 0 Å². The lowest BCUT2D eigenvalue weighted by Crippen LogP contribution is -2.44. The first kappa shape index (κ1) is 14.6. The van der Waals surface area contributed by atoms with Crippen molar-refractivity contribution in [2.24, 2.45) is 0 Å². The van der Waals surface area contributed by atoms with Crippen molar-refractivity contribution in [3.63, 3.8) is 0 Å². The van der Waals surface area contributed by atoms with E-state index in [9.17, 15) is 9.59 Å². The van der Waals surface area contributed by atoms with Gasteiger partial charge in [0.2, 0.25) is 6.23 Å². The molecule has 88 valence electrons. The molecule has 0 aliphatic rings. The summed E-state index contributed by atoms with van der Waals surface area (Å²) in [5, 5.41) is 2.52. The zero-order valence-electron chi connectivity index (χ0n) is 8.41. The lowest BCUT2D eigenvalue weighted by atomic mass is 10.5. The number of nitrogens with one attached hydrogen (secondary N) is 2. The van der Waals surface area contributed by atoms with Crippen LogP contribution in [0, 0.1) is 0 Å². The summed E-state index contributed by atoms with van der Waals surface area (Å²) in [4.78, 5) is 26.8. The van der Waals surface area contributed by atoms with Gasteiger partial charge < -0.3 is 9.47 Å². The molecule has 0 aromatic heterocycles. The van der Waals surface area contributed by atoms with E-state index in [-0.39, 0.29) is 13.2 Å². The topological polar surface area (TPSA) is 85.9 Å². The smallest absolute Gasteiger partial charge is 0.352 e. The molecule has 0 aliphatic heterocycles. The van der Waals surface area contributed by atoms with Gasteiger partial charge in [-0.15, -0.1) is 3.69 Å². The predicted octanol–water partition coefficient (Wildman–Crippen LogP) is -0.491. The molecule has 1 atom stereocenters. The minimum Gasteiger partial charge on any atom is -0.466 e. The summed E-state index contributed by atoms with van der Waals surface area (Å²) in [6.07, 6.45) is -1.05. The number of carbonyl (C=O) groups excluding carboxylic acids is 2. The van der Waals surface area contributed by atoms with Crippen LogP contribution in [0.25, 0.3) is 0 Å². The third kappa shape index (κ3) is 6.60. The van der Waals surface area contributed by atoms with Gasteiger partial charge in [-0.1, -0.05) is 0 Å². The molecular weight excluding hydrogens is 319 g/mol. The van der Waals surface area contributed by atoms with Crippen LogP contribution in [0.4, 0.5) is 0 Å². The maximum Gasteiger partial charge on any atom is 0.352 e. The average Bonchev–Trinajstić information content (AvgIpc) is 2.23. The summed E-state index contributed by atoms with van der Waals surface area (Å²) >= 11 is 1.69. The Hall–Kier alpha value is -0.450. The quantitative estimate of drug-likeness (QED) is 0.214. The third-order valence-corrected chi connectivity index (χ3v) is 1.57. The van der Waals surface area contributed by atoms with Crippen LogP contribution < -0.4 is 9.01 Å². The normalized spacial score (nSPS) is 11.9. The molecule has 0 saturated carbocycles. The van der Waals surface area contributed by atoms with Gasteiger partial charge in [-0.3, -0.25) is 14.9 Å². The SMILES string of the molecule is CCOC(=O)CN[C@H](ONI)C(=O)OC. The zero-order valence-corrected chi connectivity index (χ0v) is 10.6. The van der Waals surface area contributed by atoms with E-state index >= 15 is 0 Å². The Morgan fingerprint density at radius 2 is 2.13 bits per heavy atom. The van der Waals surface area contributed by atoms with E-state index in [1.54, 1.807) is 29.8 Å². The monoisotopic (exact) mass is 332 g/mol. The van der Waals surface area contributed by atoms with E-state index in [1.165, 1.54) is 7.11 Å². The third-order valence-electron chi connectivity index (χ3n) is 1.31. The van der Waals surface area contributed by atoms with Crippen LogP contribution in [-0.2, 0) is 23.9 Å². The highest BCUT2D eigenvalue weighted by Crippen LogP contribution is 1.90. The van der Waals surface area contributed by atoms with Gasteiger partial charge in [-0.25, -0.2) is 4.79 Å². The number of halogens is 1. The van der Waals surface area contributed by atoms with Crippen molar-refractivity contribution >= 4 is 34.8 Å². The van der Waals surface area contributed by atoms with Gasteiger partial charge in [0.15, 0.2) is 0 Å². The standard InChI is InChI=1S/C7H13IN2O5/c1-3-14-5(11)4-9-6(15-10-8)7(12)13-2/h6,9-10H,3-4H2,1-2H3/t6-/m1/s1. The molecule has 0 aromatic carbocycles. The largest absolute Gasteiger partial charge is 0.466 e. The van der Waals surface area contributed by atoms with Gasteiger partial charge in [0.05, 0.1) is 20.3 Å². The Morgan fingerprint density at radius 1 is 1.47 bits per heavy atom. The molecule has 0 amide bonds. The number of methoxy groups -OCH3 is 1. The number of carbonyl (C=O) groups is 2. The molecule has 2 N–H and O–H groups in total. The number of rotatable bonds is 7. The highest BCUT2D eigenvalue weighted by Gasteiger charge is 2.20. The van der Waals surface area contributed by atoms with Crippen molar-refractivity contribution < 1.29 is 23.9 Å². The molecule has 0 unspecified atom stereocenters. The molecule has 7 nitrogen and oxygen atoms in total. The molecule has 0 radical (unpaired) electrons. The molecule has 0 fully saturated rings. The van der Waals surface area contributed by atoms with Gasteiger partial charge in [0, 0.05) is 22.9 Å². The maximum atomic E-state index is 11.1. The zero-order chi connectivity index (χ0) is 11.7. The van der Waals surface area contributed by atoms with Crippen LogP contribution in [0.2, 0.25) is 0 Å². The highest BCUT2D eigenvalue weighted by molar-refractivity contribution is 14.1. The van der Waals surface area contributed by atoms with Crippen LogP contribution in [0.5, 0.6) is 0 Å². The van der Waals surface area contributed by atoms with Crippen molar-refractivity contribution in [1.82, 2.24) is 9.01 Å². The number of ether oxygens (including phenoxy) is 2. The molecule has 0 rings (SSSR count). The summed E-state index contributed by atoms with van der Waals surface area (Å²) in [7, 11) is 1.22. The fraction of sp³-hybridized carbons (Fsp3) is 0.714. The molecule has 0 aliphatic carbocycles. The fourth-order valence-corrected chi connectivity index (χ4v) is 0.967. The van der Waals surface area contributed by atoms with Crippen molar-refractivity contribution in [2.75, 3.05) is 20.3 Å². The Morgan fingerprint density at radius 3 is 2.60 bits per heavy atom. The second-order valence-electron chi connectivity index (χ2n) is 2.28. The van der Waals surface area contributed by atoms with Crippen molar-refractivity contribution in [3.8, 4) is 0 Å². The van der Waals surface area contributed by atoms with Crippen LogP contribution in [0.1, 0.15) is 6.92 Å². The first-order chi connectivity index (χ1) is 7.15. The van der Waals surface area contributed by atoms with E-state index in [0.29, 0.717) is 0 Å². The van der Waals surface area contributed by atoms with Gasteiger partial charge >= 0.3 is 11.9 Å². The van der Waals surface area contributed by atoms with Gasteiger partial charge in [-0.2, -0.15) is 0 Å². The summed E-state index contributed by atoms with van der Waals surface area (Å²) in [5.74, 6) is -1.10. The number of hydrogen-bond donors (Lipinski definition) is 2. The molecule has 0 aromatic rings. The summed E-state index contributed by atoms with van der Waals surface area (Å²) in [5.41, 5.74) is 0. The second-order valence-corrected chi connectivity index (χ2v) is 2.72. The Balaban J connectivity index is 3.95. The van der Waals surface area contributed by atoms with Gasteiger partial charge in [-0.05, 0) is 6.92 Å². The summed E-state index contributed by atoms with van der Waals surface area (Å²) < 4.78 is 11.4. The molecule has 0 spiro atoms. The Kier molecular flexibility index (Phi) is 8.56. The van der Waals surface area contributed by atoms with E-state index in [1.807, 2.05) is 0 Å². The van der Waals surface area contributed by atoms with E-state index in [2.05, 4.69) is 18.5 Å². The number of hydrogen-bond acceptors (Lipinski definition) is 7. The molecule has 0 bridgehead atoms. The van der Waals surface area contributed by atoms with Crippen LogP contribution in [0.15, 0.2) is 0 Å². The molecular formula is C7H13IN2O5. The predicted molar refractivity (Wildman–Crippen MR) is 58.7 cm³/mol. The van der Waals surface area contributed by atoms with Crippen molar-refractivity contribution in [3.05, 3.63) is 0 Å². The number of esters is 2. The van der Waals surface area contributed by atoms with Crippen molar-refractivity contribution in [2.45, 2.75) is 13.2 Å². The van der Waals surface area contributed by atoms with E-state index in [0.717, 1.165) is 0 Å². The Bertz CT molecular complexity index is 214. The lowest BCUT2D eigenvalue weighted by molar-refractivity contribution is -0.159. The first-order valence-corrected chi connectivity index (χ1v) is 5.21. The minimum atomic E-state index is -1.05. The van der Waals surface area contributed by atoms with E-state index in [4.69, 9.17) is 4.84 Å². The van der Waals surface area contributed by atoms with Crippen LogP contribution in [0.3, 0.4) is 0 Å². The van der Waals surface area contributed by atoms with Crippen LogP contribution in [-0.4, -0.2) is 38.4 Å². The molecule has 15 heavy (non-hydrogen) atoms. The van der Waals surface area contributed by atoms with Gasteiger partial charge in [0.25, 0.3) is 0 Å². The van der Waals surface area contributed by atoms with Crippen molar-refractivity contribution in [1.29, 1.82) is 0 Å². The molecule has 8 heteroatoms.